The summed E-state index contributed by atoms with van der Waals surface area (Å²) in [6, 6.07) is -0.0536. The fraction of sp³-hybridized carbons (Fsp3) is 0.727. The molecule has 4 aliphatic heterocycles. The van der Waals surface area contributed by atoms with Gasteiger partial charge in [0, 0.05) is 34.7 Å². The van der Waals surface area contributed by atoms with Gasteiger partial charge in [0.1, 0.15) is 0 Å². The van der Waals surface area contributed by atoms with Crippen LogP contribution in [0.25, 0.3) is 0 Å². The molecule has 0 aromatic heterocycles. The van der Waals surface area contributed by atoms with Crippen LogP contribution in [0.5, 0.6) is 0 Å². The lowest BCUT2D eigenvalue weighted by Crippen LogP contribution is -2.43. The Morgan fingerprint density at radius 2 is 1.89 bits per heavy atom. The molecule has 6 heteroatoms. The minimum absolute atomic E-state index is 0.0536. The van der Waals surface area contributed by atoms with Gasteiger partial charge in [0.2, 0.25) is 5.91 Å². The summed E-state index contributed by atoms with van der Waals surface area (Å²) in [5, 5.41) is 0.321. The van der Waals surface area contributed by atoms with Crippen molar-refractivity contribution in [3.05, 3.63) is 22.3 Å². The number of thioether (sulfide) groups is 2. The second kappa shape index (κ2) is 8.86. The van der Waals surface area contributed by atoms with E-state index in [0.717, 1.165) is 74.4 Å². The van der Waals surface area contributed by atoms with Gasteiger partial charge in [-0.1, -0.05) is 32.8 Å². The molecular formula is C22H32N2O2S2. The summed E-state index contributed by atoms with van der Waals surface area (Å²) < 4.78 is 0. The van der Waals surface area contributed by atoms with Crippen molar-refractivity contribution in [2.45, 2.75) is 70.1 Å². The van der Waals surface area contributed by atoms with Gasteiger partial charge in [-0.05, 0) is 37.9 Å². The number of unbranched alkanes of at least 4 members (excludes halogenated alkanes) is 2. The molecule has 0 N–H and O–H groups in total. The molecule has 2 fully saturated rings. The smallest absolute Gasteiger partial charge is 0.253 e. The third kappa shape index (κ3) is 3.45. The molecule has 2 saturated heterocycles. The normalized spacial score (nSPS) is 30.1. The zero-order valence-corrected chi connectivity index (χ0v) is 18.7. The fourth-order valence-electron chi connectivity index (χ4n) is 4.93. The maximum atomic E-state index is 13.7. The molecule has 4 heterocycles. The molecule has 154 valence electrons. The van der Waals surface area contributed by atoms with Gasteiger partial charge in [-0.25, -0.2) is 0 Å². The lowest BCUT2D eigenvalue weighted by atomic mass is 9.95. The number of hydrogen-bond acceptors (Lipinski definition) is 4. The van der Waals surface area contributed by atoms with Crippen LogP contribution in [0.3, 0.4) is 0 Å². The highest BCUT2D eigenvalue weighted by Gasteiger charge is 2.57. The summed E-state index contributed by atoms with van der Waals surface area (Å²) in [6.45, 7) is 5.87. The van der Waals surface area contributed by atoms with E-state index in [0.29, 0.717) is 5.25 Å². The van der Waals surface area contributed by atoms with Crippen LogP contribution in [0, 0.1) is 5.92 Å². The van der Waals surface area contributed by atoms with Gasteiger partial charge in [0.15, 0.2) is 0 Å². The average Bonchev–Trinajstić information content (AvgIpc) is 3.46. The molecule has 0 aliphatic carbocycles. The molecule has 4 rings (SSSR count). The maximum absolute atomic E-state index is 13.7. The number of nitrogens with zero attached hydrogens (tertiary/aromatic N) is 2. The Bertz CT molecular complexity index is 697. The van der Waals surface area contributed by atoms with Crippen molar-refractivity contribution in [3.8, 4) is 0 Å². The van der Waals surface area contributed by atoms with Gasteiger partial charge in [-0.15, -0.1) is 11.8 Å². The zero-order chi connectivity index (χ0) is 19.7. The summed E-state index contributed by atoms with van der Waals surface area (Å²) in [6.07, 6.45) is 9.74. The van der Waals surface area contributed by atoms with E-state index >= 15 is 0 Å². The fourth-order valence-corrected chi connectivity index (χ4v) is 7.43. The van der Waals surface area contributed by atoms with Crippen molar-refractivity contribution in [1.29, 1.82) is 0 Å². The standard InChI is InChI=1S/C22H32N2O2S2/c1-3-5-11-23-19(15-9-7-13-27-15)17-18(21(23)25)20(16-10-8-14-28-16)24(22(17)26)12-6-4-2/h9,16-17,19H,3-8,10-14H2,1-2H3. The quantitative estimate of drug-likeness (QED) is 0.583. The van der Waals surface area contributed by atoms with Crippen molar-refractivity contribution < 1.29 is 9.59 Å². The second-order valence-corrected chi connectivity index (χ2v) is 10.6. The molecule has 0 bridgehead atoms. The molecule has 0 saturated carbocycles. The first-order chi connectivity index (χ1) is 13.7. The Morgan fingerprint density at radius 3 is 2.54 bits per heavy atom. The van der Waals surface area contributed by atoms with Gasteiger partial charge < -0.3 is 9.80 Å². The SMILES string of the molecule is CCCCN1C(=O)C2C(=C1C1CCCS1)C(=O)N(CCCC)C2C1=CCCS1. The van der Waals surface area contributed by atoms with Gasteiger partial charge in [0.05, 0.1) is 17.5 Å². The summed E-state index contributed by atoms with van der Waals surface area (Å²) in [4.78, 5) is 32.6. The highest BCUT2D eigenvalue weighted by molar-refractivity contribution is 8.03. The average molecular weight is 421 g/mol. The topological polar surface area (TPSA) is 40.6 Å². The van der Waals surface area contributed by atoms with Crippen molar-refractivity contribution in [2.24, 2.45) is 5.92 Å². The highest BCUT2D eigenvalue weighted by Crippen LogP contribution is 2.50. The van der Waals surface area contributed by atoms with Crippen LogP contribution in [0.1, 0.15) is 58.8 Å². The Labute approximate surface area is 177 Å². The predicted octanol–water partition coefficient (Wildman–Crippen LogP) is 4.43. The second-order valence-electron chi connectivity index (χ2n) is 8.16. The van der Waals surface area contributed by atoms with Crippen LogP contribution in [0.2, 0.25) is 0 Å². The lowest BCUT2D eigenvalue weighted by molar-refractivity contribution is -0.131. The van der Waals surface area contributed by atoms with Crippen LogP contribution >= 0.6 is 23.5 Å². The molecule has 4 aliphatic rings. The molecule has 3 atom stereocenters. The molecule has 0 aromatic rings. The van der Waals surface area contributed by atoms with E-state index in [9.17, 15) is 9.59 Å². The Kier molecular flexibility index (Phi) is 6.46. The molecule has 3 unspecified atom stereocenters. The number of amides is 2. The van der Waals surface area contributed by atoms with Crippen LogP contribution in [-0.2, 0) is 9.59 Å². The van der Waals surface area contributed by atoms with Crippen LogP contribution in [-0.4, -0.2) is 57.5 Å². The van der Waals surface area contributed by atoms with E-state index in [1.807, 2.05) is 33.3 Å². The van der Waals surface area contributed by atoms with E-state index in [2.05, 4.69) is 19.9 Å². The first-order valence-corrected chi connectivity index (χ1v) is 13.0. The molecule has 28 heavy (non-hydrogen) atoms. The number of carbonyl (C=O) groups excluding carboxylic acids is 2. The van der Waals surface area contributed by atoms with Crippen molar-refractivity contribution in [1.82, 2.24) is 9.80 Å². The van der Waals surface area contributed by atoms with E-state index < -0.39 is 0 Å². The summed E-state index contributed by atoms with van der Waals surface area (Å²) in [5.41, 5.74) is 1.94. The monoisotopic (exact) mass is 420 g/mol. The molecule has 2 amide bonds. The van der Waals surface area contributed by atoms with E-state index in [1.54, 1.807) is 0 Å². The van der Waals surface area contributed by atoms with E-state index in [-0.39, 0.29) is 23.8 Å². The first kappa shape index (κ1) is 20.4. The third-order valence-electron chi connectivity index (χ3n) is 6.30. The van der Waals surface area contributed by atoms with Crippen LogP contribution in [0.15, 0.2) is 22.3 Å². The number of fused-ring (bicyclic) bond motifs is 1. The Morgan fingerprint density at radius 1 is 1.11 bits per heavy atom. The number of rotatable bonds is 8. The minimum atomic E-state index is -0.269. The van der Waals surface area contributed by atoms with Crippen molar-refractivity contribution >= 4 is 35.3 Å². The molecule has 0 radical (unpaired) electrons. The predicted molar refractivity (Wildman–Crippen MR) is 118 cm³/mol. The number of likely N-dealkylation sites (tertiary alicyclic amines) is 1. The minimum Gasteiger partial charge on any atom is -0.330 e. The lowest BCUT2D eigenvalue weighted by Gasteiger charge is -2.31. The Hall–Kier alpha value is -0.880. The largest absolute Gasteiger partial charge is 0.330 e. The molecule has 0 spiro atoms. The number of allylic oxidation sites excluding steroid dienone is 1. The van der Waals surface area contributed by atoms with Crippen molar-refractivity contribution in [2.75, 3.05) is 24.6 Å². The highest BCUT2D eigenvalue weighted by atomic mass is 32.2. The summed E-state index contributed by atoms with van der Waals surface area (Å²) in [7, 11) is 0. The van der Waals surface area contributed by atoms with E-state index in [1.165, 1.54) is 11.3 Å². The maximum Gasteiger partial charge on any atom is 0.253 e. The first-order valence-electron chi connectivity index (χ1n) is 11.0. The molecule has 0 aromatic carbocycles. The molecule has 4 nitrogen and oxygen atoms in total. The Balaban J connectivity index is 1.76. The van der Waals surface area contributed by atoms with E-state index in [4.69, 9.17) is 0 Å². The van der Waals surface area contributed by atoms with Crippen LogP contribution < -0.4 is 0 Å². The van der Waals surface area contributed by atoms with Gasteiger partial charge >= 0.3 is 0 Å². The van der Waals surface area contributed by atoms with Gasteiger partial charge in [-0.3, -0.25) is 9.59 Å². The van der Waals surface area contributed by atoms with Crippen molar-refractivity contribution in [3.63, 3.8) is 0 Å². The number of carbonyl (C=O) groups is 2. The molecular weight excluding hydrogens is 388 g/mol. The number of hydrogen-bond donors (Lipinski definition) is 0. The van der Waals surface area contributed by atoms with Crippen LogP contribution in [0.4, 0.5) is 0 Å². The summed E-state index contributed by atoms with van der Waals surface area (Å²) >= 11 is 3.79. The third-order valence-corrected chi connectivity index (χ3v) is 8.87. The van der Waals surface area contributed by atoms with Gasteiger partial charge in [-0.2, -0.15) is 11.8 Å². The van der Waals surface area contributed by atoms with Gasteiger partial charge in [0.25, 0.3) is 5.91 Å². The zero-order valence-electron chi connectivity index (χ0n) is 17.1. The summed E-state index contributed by atoms with van der Waals surface area (Å²) in [5.74, 6) is 2.28.